The second-order valence-electron chi connectivity index (χ2n) is 8.56. The van der Waals surface area contributed by atoms with E-state index >= 15 is 0 Å². The third-order valence-corrected chi connectivity index (χ3v) is 8.86. The quantitative estimate of drug-likeness (QED) is 0.566. The summed E-state index contributed by atoms with van der Waals surface area (Å²) in [5.74, 6) is 0. The lowest BCUT2D eigenvalue weighted by Crippen LogP contribution is -2.22. The molecule has 0 spiro atoms. The molecule has 0 bridgehead atoms. The number of rotatable bonds is 2. The van der Waals surface area contributed by atoms with Crippen LogP contribution in [-0.2, 0) is 0 Å². The van der Waals surface area contributed by atoms with Crippen molar-refractivity contribution in [2.75, 3.05) is 0 Å². The largest absolute Gasteiger partial charge is 0.113 e. The Balaban J connectivity index is 0.000000189. The molecule has 2 radical (unpaired) electrons. The van der Waals surface area contributed by atoms with Gasteiger partial charge in [-0.1, -0.05) is 122 Å². The highest BCUT2D eigenvalue weighted by atomic mass is 28.3. The average Bonchev–Trinajstić information content (AvgIpc) is 3.22. The Morgan fingerprint density at radius 2 is 1.08 bits per heavy atom. The number of allylic oxidation sites excluding steroid dienone is 8. The Labute approximate surface area is 158 Å². The van der Waals surface area contributed by atoms with E-state index in [1.54, 1.807) is 10.4 Å². The van der Waals surface area contributed by atoms with Crippen LogP contribution in [0, 0.1) is 0 Å². The number of hydrogen-bond acceptors (Lipinski definition) is 0. The Bertz CT molecular complexity index is 599. The zero-order valence-corrected chi connectivity index (χ0v) is 18.8. The number of hydrogen-bond donors (Lipinski definition) is 0. The van der Waals surface area contributed by atoms with Crippen molar-refractivity contribution < 1.29 is 0 Å². The molecule has 0 aromatic heterocycles. The average molecular weight is 364 g/mol. The highest BCUT2D eigenvalue weighted by molar-refractivity contribution is 6.83. The van der Waals surface area contributed by atoms with Crippen LogP contribution in [0.25, 0.3) is 0 Å². The van der Waals surface area contributed by atoms with Crippen molar-refractivity contribution in [2.45, 2.75) is 52.1 Å². The highest BCUT2D eigenvalue weighted by Gasteiger charge is 2.19. The normalized spacial score (nSPS) is 15.6. The summed E-state index contributed by atoms with van der Waals surface area (Å²) < 4.78 is 0. The van der Waals surface area contributed by atoms with E-state index in [1.165, 1.54) is 12.8 Å². The van der Waals surface area contributed by atoms with E-state index in [4.69, 9.17) is 7.85 Å². The molecule has 0 heterocycles. The van der Waals surface area contributed by atoms with E-state index < -0.39 is 16.1 Å². The first-order valence-corrected chi connectivity index (χ1v) is 16.1. The van der Waals surface area contributed by atoms with E-state index in [0.29, 0.717) is 0 Å². The van der Waals surface area contributed by atoms with Crippen molar-refractivity contribution in [1.29, 1.82) is 0 Å². The van der Waals surface area contributed by atoms with Gasteiger partial charge in [0.15, 0.2) is 0 Å². The molecule has 0 amide bonds. The maximum Gasteiger partial charge on any atom is 0.113 e. The zero-order valence-electron chi connectivity index (χ0n) is 16.8. The topological polar surface area (TPSA) is 0 Å². The maximum atomic E-state index is 5.36. The lowest BCUT2D eigenvalue weighted by molar-refractivity contribution is 1.35. The highest BCUT2D eigenvalue weighted by Crippen LogP contribution is 2.22. The van der Waals surface area contributed by atoms with E-state index in [9.17, 15) is 0 Å². The molecular weight excluding hydrogens is 331 g/mol. The van der Waals surface area contributed by atoms with Crippen molar-refractivity contribution in [1.82, 2.24) is 0 Å². The predicted molar refractivity (Wildman–Crippen MR) is 122 cm³/mol. The molecule has 0 saturated carbocycles. The molecule has 1 aromatic rings. The lowest BCUT2D eigenvalue weighted by atomic mass is 9.97. The van der Waals surface area contributed by atoms with Crippen molar-refractivity contribution in [3.63, 3.8) is 0 Å². The molecule has 132 valence electrons. The summed E-state index contributed by atoms with van der Waals surface area (Å²) in [7, 11) is 3.51. The lowest BCUT2D eigenvalue weighted by Gasteiger charge is -2.16. The van der Waals surface area contributed by atoms with Gasteiger partial charge in [0, 0.05) is 0 Å². The van der Waals surface area contributed by atoms with Crippen LogP contribution in [0.15, 0.2) is 77.2 Å². The molecule has 2 aliphatic rings. The molecule has 0 aliphatic heterocycles. The number of benzene rings is 1. The first-order chi connectivity index (χ1) is 11.6. The van der Waals surface area contributed by atoms with E-state index in [1.807, 2.05) is 30.3 Å². The molecule has 25 heavy (non-hydrogen) atoms. The van der Waals surface area contributed by atoms with Gasteiger partial charge in [-0.2, -0.15) is 0 Å². The second-order valence-corrected chi connectivity index (χ2v) is 18.8. The standard InChI is InChI=1S/2C8H14Si.C6H5B/c2*1-9(2,3)8-6-4-5-7-8;7-6-4-2-1-3-5-6/h2*4-6H,7H2,1-3H3;1-5H. The summed E-state index contributed by atoms with van der Waals surface area (Å²) >= 11 is 0. The Morgan fingerprint density at radius 1 is 0.680 bits per heavy atom. The molecule has 1 aromatic carbocycles. The summed E-state index contributed by atoms with van der Waals surface area (Å²) in [5.41, 5.74) is 0.822. The molecular formula is C22H33BSi2. The minimum atomic E-state index is -0.926. The van der Waals surface area contributed by atoms with Gasteiger partial charge in [0.2, 0.25) is 0 Å². The van der Waals surface area contributed by atoms with E-state index in [2.05, 4.69) is 75.7 Å². The van der Waals surface area contributed by atoms with Gasteiger partial charge >= 0.3 is 0 Å². The third kappa shape index (κ3) is 9.08. The minimum Gasteiger partial charge on any atom is -0.0967 e. The molecule has 0 atom stereocenters. The summed E-state index contributed by atoms with van der Waals surface area (Å²) in [4.78, 5) is 0. The maximum absolute atomic E-state index is 5.36. The van der Waals surface area contributed by atoms with Crippen LogP contribution in [0.5, 0.6) is 0 Å². The van der Waals surface area contributed by atoms with Crippen molar-refractivity contribution >= 4 is 29.5 Å². The second kappa shape index (κ2) is 9.98. The van der Waals surface area contributed by atoms with Crippen LogP contribution in [0.2, 0.25) is 39.3 Å². The van der Waals surface area contributed by atoms with Gasteiger partial charge in [-0.15, -0.1) is 0 Å². The molecule has 3 rings (SSSR count). The summed E-state index contributed by atoms with van der Waals surface area (Å²) in [6, 6.07) is 9.49. The summed E-state index contributed by atoms with van der Waals surface area (Å²) in [6.07, 6.45) is 15.8. The van der Waals surface area contributed by atoms with Gasteiger partial charge in [0.05, 0.1) is 16.1 Å². The molecule has 0 nitrogen and oxygen atoms in total. The molecule has 0 unspecified atom stereocenters. The van der Waals surface area contributed by atoms with Crippen molar-refractivity contribution in [2.24, 2.45) is 0 Å². The van der Waals surface area contributed by atoms with Crippen LogP contribution in [0.4, 0.5) is 0 Å². The van der Waals surface area contributed by atoms with Crippen molar-refractivity contribution in [3.05, 3.63) is 77.2 Å². The molecule has 0 N–H and O–H groups in total. The fourth-order valence-corrected chi connectivity index (χ4v) is 5.11. The third-order valence-electron chi connectivity index (χ3n) is 4.27. The molecule has 0 fully saturated rings. The van der Waals surface area contributed by atoms with E-state index in [0.717, 1.165) is 5.46 Å². The van der Waals surface area contributed by atoms with Crippen LogP contribution in [-0.4, -0.2) is 24.0 Å². The molecule has 2 aliphatic carbocycles. The van der Waals surface area contributed by atoms with Gasteiger partial charge in [0.1, 0.15) is 7.85 Å². The molecule has 3 heteroatoms. The molecule has 0 saturated heterocycles. The van der Waals surface area contributed by atoms with Crippen LogP contribution >= 0.6 is 0 Å². The monoisotopic (exact) mass is 364 g/mol. The first-order valence-electron chi connectivity index (χ1n) is 9.13. The SMILES string of the molecule is C[Si](C)(C)C1=CC=CC1.C[Si](C)(C)C1=CC=CC1.[B]c1ccccc1. The Morgan fingerprint density at radius 3 is 1.24 bits per heavy atom. The predicted octanol–water partition coefficient (Wildman–Crippen LogP) is 5.98. The summed E-state index contributed by atoms with van der Waals surface area (Å²) in [5, 5.41) is 3.37. The van der Waals surface area contributed by atoms with Gasteiger partial charge in [-0.25, -0.2) is 0 Å². The zero-order chi connectivity index (χ0) is 18.9. The van der Waals surface area contributed by atoms with Crippen molar-refractivity contribution in [3.8, 4) is 0 Å². The van der Waals surface area contributed by atoms with Crippen LogP contribution in [0.1, 0.15) is 12.8 Å². The van der Waals surface area contributed by atoms with Crippen LogP contribution < -0.4 is 5.46 Å². The Hall–Kier alpha value is -1.32. The Kier molecular flexibility index (Phi) is 8.67. The fourth-order valence-electron chi connectivity index (χ4n) is 2.46. The first kappa shape index (κ1) is 21.7. The van der Waals surface area contributed by atoms with Gasteiger partial charge in [0.25, 0.3) is 0 Å². The fraction of sp³-hybridized carbons (Fsp3) is 0.364. The van der Waals surface area contributed by atoms with Gasteiger partial charge < -0.3 is 0 Å². The van der Waals surface area contributed by atoms with Crippen LogP contribution in [0.3, 0.4) is 0 Å². The minimum absolute atomic E-state index is 0.822. The van der Waals surface area contributed by atoms with Gasteiger partial charge in [-0.3, -0.25) is 0 Å². The van der Waals surface area contributed by atoms with Gasteiger partial charge in [-0.05, 0) is 12.8 Å². The summed E-state index contributed by atoms with van der Waals surface area (Å²) in [6.45, 7) is 14.4. The smallest absolute Gasteiger partial charge is 0.0967 e. The van der Waals surface area contributed by atoms with E-state index in [-0.39, 0.29) is 0 Å².